The second kappa shape index (κ2) is 4.45. The Morgan fingerprint density at radius 1 is 1.12 bits per heavy atom. The molecule has 94 valence electrons. The van der Waals surface area contributed by atoms with Crippen LogP contribution in [0.1, 0.15) is 32.1 Å². The van der Waals surface area contributed by atoms with Crippen molar-refractivity contribution in [1.82, 2.24) is 4.90 Å². The average Bonchev–Trinajstić information content (AvgIpc) is 2.96. The van der Waals surface area contributed by atoms with Crippen LogP contribution in [-0.2, 0) is 4.79 Å². The molecule has 0 aromatic rings. The zero-order valence-electron chi connectivity index (χ0n) is 10.3. The highest BCUT2D eigenvalue weighted by Crippen LogP contribution is 2.36. The molecule has 0 bridgehead atoms. The second-order valence-corrected chi connectivity index (χ2v) is 5.98. The Morgan fingerprint density at radius 3 is 2.59 bits per heavy atom. The van der Waals surface area contributed by atoms with Crippen molar-refractivity contribution in [2.24, 2.45) is 23.5 Å². The molecule has 0 aromatic carbocycles. The highest BCUT2D eigenvalue weighted by molar-refractivity contribution is 5.80. The van der Waals surface area contributed by atoms with Gasteiger partial charge in [0.1, 0.15) is 0 Å². The zero-order valence-corrected chi connectivity index (χ0v) is 10.3. The summed E-state index contributed by atoms with van der Waals surface area (Å²) in [4.78, 5) is 14.4. The van der Waals surface area contributed by atoms with Gasteiger partial charge in [-0.05, 0) is 43.9 Å². The van der Waals surface area contributed by atoms with Gasteiger partial charge in [-0.2, -0.15) is 0 Å². The van der Waals surface area contributed by atoms with Crippen LogP contribution in [0.5, 0.6) is 0 Å². The van der Waals surface area contributed by atoms with Gasteiger partial charge >= 0.3 is 0 Å². The van der Waals surface area contributed by atoms with E-state index in [0.29, 0.717) is 17.9 Å². The van der Waals surface area contributed by atoms with Gasteiger partial charge in [0.15, 0.2) is 0 Å². The Hall–Kier alpha value is -0.830. The third-order valence-electron chi connectivity index (χ3n) is 4.76. The van der Waals surface area contributed by atoms with Gasteiger partial charge in [0, 0.05) is 25.0 Å². The first-order valence-electron chi connectivity index (χ1n) is 6.93. The van der Waals surface area contributed by atoms with Crippen molar-refractivity contribution in [3.05, 3.63) is 12.2 Å². The van der Waals surface area contributed by atoms with Crippen LogP contribution >= 0.6 is 0 Å². The maximum absolute atomic E-state index is 12.3. The molecule has 2 fully saturated rings. The quantitative estimate of drug-likeness (QED) is 0.700. The normalized spacial score (nSPS) is 37.5. The smallest absolute Gasteiger partial charge is 0.226 e. The van der Waals surface area contributed by atoms with E-state index in [4.69, 9.17) is 5.73 Å². The van der Waals surface area contributed by atoms with Gasteiger partial charge in [0.05, 0.1) is 0 Å². The molecule has 3 rings (SSSR count). The molecule has 1 aliphatic heterocycles. The second-order valence-electron chi connectivity index (χ2n) is 5.98. The van der Waals surface area contributed by atoms with Crippen LogP contribution in [0.25, 0.3) is 0 Å². The van der Waals surface area contributed by atoms with Gasteiger partial charge in [0.25, 0.3) is 0 Å². The van der Waals surface area contributed by atoms with E-state index in [1.807, 2.05) is 0 Å². The number of allylic oxidation sites excluding steroid dienone is 2. The maximum Gasteiger partial charge on any atom is 0.226 e. The van der Waals surface area contributed by atoms with Crippen LogP contribution in [0.15, 0.2) is 12.2 Å². The molecule has 17 heavy (non-hydrogen) atoms. The molecule has 1 heterocycles. The molecule has 3 aliphatic rings. The van der Waals surface area contributed by atoms with Crippen LogP contribution in [-0.4, -0.2) is 29.9 Å². The van der Waals surface area contributed by atoms with Gasteiger partial charge in [0.2, 0.25) is 5.91 Å². The molecule has 0 spiro atoms. The monoisotopic (exact) mass is 234 g/mol. The predicted octanol–water partition coefficient (Wildman–Crippen LogP) is 1.54. The minimum atomic E-state index is 0.240. The molecule has 0 radical (unpaired) electrons. The van der Waals surface area contributed by atoms with Crippen LogP contribution in [0.4, 0.5) is 0 Å². The first kappa shape index (κ1) is 11.3. The molecule has 3 nitrogen and oxygen atoms in total. The van der Waals surface area contributed by atoms with Crippen molar-refractivity contribution >= 4 is 5.91 Å². The lowest BCUT2D eigenvalue weighted by Crippen LogP contribution is -2.34. The maximum atomic E-state index is 12.3. The van der Waals surface area contributed by atoms with E-state index in [-0.39, 0.29) is 5.92 Å². The lowest BCUT2D eigenvalue weighted by atomic mass is 9.79. The van der Waals surface area contributed by atoms with E-state index in [2.05, 4.69) is 17.1 Å². The van der Waals surface area contributed by atoms with Crippen molar-refractivity contribution in [3.63, 3.8) is 0 Å². The van der Waals surface area contributed by atoms with E-state index in [1.165, 1.54) is 6.42 Å². The first-order valence-corrected chi connectivity index (χ1v) is 6.93. The van der Waals surface area contributed by atoms with Gasteiger partial charge < -0.3 is 10.6 Å². The largest absolute Gasteiger partial charge is 0.342 e. The van der Waals surface area contributed by atoms with Crippen molar-refractivity contribution in [1.29, 1.82) is 0 Å². The minimum absolute atomic E-state index is 0.240. The summed E-state index contributed by atoms with van der Waals surface area (Å²) in [5.41, 5.74) is 6.02. The standard InChI is InChI=1S/C14H22N2O/c15-13-6-5-11-8-16(9-12(11)7-13)14(17)10-3-1-2-4-10/h1-2,10-13H,3-9,15H2/t11-,12+,13?/m1/s1. The van der Waals surface area contributed by atoms with Gasteiger partial charge in [-0.1, -0.05) is 12.2 Å². The molecule has 3 atom stereocenters. The van der Waals surface area contributed by atoms with Crippen molar-refractivity contribution in [2.75, 3.05) is 13.1 Å². The number of hydrogen-bond acceptors (Lipinski definition) is 2. The number of hydrogen-bond donors (Lipinski definition) is 1. The Morgan fingerprint density at radius 2 is 1.82 bits per heavy atom. The highest BCUT2D eigenvalue weighted by atomic mass is 16.2. The fourth-order valence-corrected chi connectivity index (χ4v) is 3.72. The molecular weight excluding hydrogens is 212 g/mol. The fourth-order valence-electron chi connectivity index (χ4n) is 3.72. The molecule has 1 amide bonds. The first-order chi connectivity index (χ1) is 8.24. The Kier molecular flexibility index (Phi) is 2.95. The Balaban J connectivity index is 1.61. The molecule has 1 saturated heterocycles. The Labute approximate surface area is 103 Å². The Bertz CT molecular complexity index is 331. The zero-order chi connectivity index (χ0) is 11.8. The predicted molar refractivity (Wildman–Crippen MR) is 67.3 cm³/mol. The highest BCUT2D eigenvalue weighted by Gasteiger charge is 2.39. The topological polar surface area (TPSA) is 46.3 Å². The fraction of sp³-hybridized carbons (Fsp3) is 0.786. The number of likely N-dealkylation sites (tertiary alicyclic amines) is 1. The van der Waals surface area contributed by atoms with E-state index in [1.54, 1.807) is 0 Å². The summed E-state index contributed by atoms with van der Waals surface area (Å²) in [6, 6.07) is 0.374. The summed E-state index contributed by atoms with van der Waals surface area (Å²) in [5, 5.41) is 0. The molecule has 1 unspecified atom stereocenters. The number of fused-ring (bicyclic) bond motifs is 1. The lowest BCUT2D eigenvalue weighted by Gasteiger charge is -2.27. The number of nitrogens with zero attached hydrogens (tertiary/aromatic N) is 1. The van der Waals surface area contributed by atoms with E-state index in [9.17, 15) is 4.79 Å². The lowest BCUT2D eigenvalue weighted by molar-refractivity contribution is -0.134. The number of carbonyl (C=O) groups is 1. The molecule has 1 saturated carbocycles. The molecule has 2 aliphatic carbocycles. The van der Waals surface area contributed by atoms with E-state index in [0.717, 1.165) is 44.7 Å². The summed E-state index contributed by atoms with van der Waals surface area (Å²) in [7, 11) is 0. The molecule has 0 aromatic heterocycles. The summed E-state index contributed by atoms with van der Waals surface area (Å²) in [6.07, 6.45) is 9.67. The SMILES string of the molecule is NC1CC[C@@H]2CN(C(=O)C3CC=CC3)C[C@@H]2C1. The number of amides is 1. The van der Waals surface area contributed by atoms with E-state index < -0.39 is 0 Å². The van der Waals surface area contributed by atoms with Gasteiger partial charge in [-0.25, -0.2) is 0 Å². The molecular formula is C14H22N2O. The van der Waals surface area contributed by atoms with Crippen molar-refractivity contribution in [2.45, 2.75) is 38.1 Å². The molecule has 2 N–H and O–H groups in total. The third kappa shape index (κ3) is 2.13. The molecule has 3 heteroatoms. The number of carbonyl (C=O) groups excluding carboxylic acids is 1. The number of nitrogens with two attached hydrogens (primary N) is 1. The summed E-state index contributed by atoms with van der Waals surface area (Å²) in [5.74, 6) is 2.03. The van der Waals surface area contributed by atoms with Crippen LogP contribution in [0.2, 0.25) is 0 Å². The van der Waals surface area contributed by atoms with E-state index >= 15 is 0 Å². The van der Waals surface area contributed by atoms with Gasteiger partial charge in [-0.3, -0.25) is 4.79 Å². The van der Waals surface area contributed by atoms with Crippen molar-refractivity contribution in [3.8, 4) is 0 Å². The van der Waals surface area contributed by atoms with Gasteiger partial charge in [-0.15, -0.1) is 0 Å². The van der Waals surface area contributed by atoms with Crippen molar-refractivity contribution < 1.29 is 4.79 Å². The van der Waals surface area contributed by atoms with Crippen LogP contribution < -0.4 is 5.73 Å². The summed E-state index contributed by atoms with van der Waals surface area (Å²) >= 11 is 0. The average molecular weight is 234 g/mol. The minimum Gasteiger partial charge on any atom is -0.342 e. The number of rotatable bonds is 1. The third-order valence-corrected chi connectivity index (χ3v) is 4.76. The summed E-state index contributed by atoms with van der Waals surface area (Å²) < 4.78 is 0. The van der Waals surface area contributed by atoms with Crippen LogP contribution in [0, 0.1) is 17.8 Å². The van der Waals surface area contributed by atoms with Crippen LogP contribution in [0.3, 0.4) is 0 Å². The summed E-state index contributed by atoms with van der Waals surface area (Å²) in [6.45, 7) is 1.96.